The second-order valence-corrected chi connectivity index (χ2v) is 4.61. The molecule has 0 bridgehead atoms. The molecule has 1 aliphatic rings. The topological polar surface area (TPSA) is 34.1 Å². The Balaban J connectivity index is 2.34. The number of ketones is 2. The van der Waals surface area contributed by atoms with Crippen LogP contribution in [0, 0.1) is 5.92 Å². The fourth-order valence-electron chi connectivity index (χ4n) is 1.72. The highest BCUT2D eigenvalue weighted by Gasteiger charge is 2.31. The fraction of sp³-hybridized carbons (Fsp3) is 0.333. The highest BCUT2D eigenvalue weighted by atomic mass is 32.2. The summed E-state index contributed by atoms with van der Waals surface area (Å²) in [6, 6.07) is 7.50. The van der Waals surface area contributed by atoms with Crippen molar-refractivity contribution in [2.75, 3.05) is 5.75 Å². The van der Waals surface area contributed by atoms with Gasteiger partial charge in [0.15, 0.2) is 5.78 Å². The van der Waals surface area contributed by atoms with Crippen LogP contribution in [0.1, 0.15) is 23.7 Å². The Hall–Kier alpha value is -1.09. The molecule has 1 aromatic carbocycles. The number of thioether (sulfide) groups is 1. The molecular formula is C12H12O2S. The minimum atomic E-state index is -0.421. The monoisotopic (exact) mass is 220 g/mol. The Morgan fingerprint density at radius 3 is 2.93 bits per heavy atom. The van der Waals surface area contributed by atoms with Gasteiger partial charge in [0.2, 0.25) is 0 Å². The predicted octanol–water partition coefficient (Wildman–Crippen LogP) is 2.57. The van der Waals surface area contributed by atoms with E-state index >= 15 is 0 Å². The smallest absolute Gasteiger partial charge is 0.175 e. The summed E-state index contributed by atoms with van der Waals surface area (Å²) in [7, 11) is 0. The van der Waals surface area contributed by atoms with Crippen LogP contribution in [0.3, 0.4) is 0 Å². The molecule has 3 heteroatoms. The van der Waals surface area contributed by atoms with Gasteiger partial charge < -0.3 is 0 Å². The number of rotatable bonds is 2. The third kappa shape index (κ3) is 1.84. The van der Waals surface area contributed by atoms with Gasteiger partial charge in [-0.05, 0) is 6.07 Å². The fourth-order valence-corrected chi connectivity index (χ4v) is 2.90. The number of hydrogen-bond acceptors (Lipinski definition) is 3. The second-order valence-electron chi connectivity index (χ2n) is 3.54. The maximum Gasteiger partial charge on any atom is 0.175 e. The van der Waals surface area contributed by atoms with Gasteiger partial charge in [-0.3, -0.25) is 9.59 Å². The zero-order valence-corrected chi connectivity index (χ0v) is 9.34. The molecule has 1 aliphatic heterocycles. The molecule has 0 spiro atoms. The molecule has 0 radical (unpaired) electrons. The lowest BCUT2D eigenvalue weighted by Crippen LogP contribution is -2.29. The Labute approximate surface area is 93.1 Å². The summed E-state index contributed by atoms with van der Waals surface area (Å²) in [6.07, 6.45) is 0.444. The molecule has 0 saturated carbocycles. The van der Waals surface area contributed by atoms with Crippen LogP contribution in [-0.2, 0) is 4.79 Å². The Morgan fingerprint density at radius 1 is 1.47 bits per heavy atom. The highest BCUT2D eigenvalue weighted by molar-refractivity contribution is 7.99. The van der Waals surface area contributed by atoms with Crippen LogP contribution in [0.25, 0.3) is 0 Å². The van der Waals surface area contributed by atoms with Crippen molar-refractivity contribution in [3.8, 4) is 0 Å². The standard InChI is InChI=1S/C12H12O2S/c1-2-10(13)9-7-15-11-6-4-3-5-8(11)12(9)14/h3-6,9H,2,7H2,1H3. The largest absolute Gasteiger partial charge is 0.299 e. The van der Waals surface area contributed by atoms with Gasteiger partial charge in [0.05, 0.1) is 5.92 Å². The van der Waals surface area contributed by atoms with Crippen LogP contribution in [0.5, 0.6) is 0 Å². The van der Waals surface area contributed by atoms with Crippen molar-refractivity contribution in [3.05, 3.63) is 29.8 Å². The van der Waals surface area contributed by atoms with Gasteiger partial charge >= 0.3 is 0 Å². The quantitative estimate of drug-likeness (QED) is 0.718. The van der Waals surface area contributed by atoms with Crippen molar-refractivity contribution in [3.63, 3.8) is 0 Å². The van der Waals surface area contributed by atoms with E-state index in [1.807, 2.05) is 18.2 Å². The van der Waals surface area contributed by atoms with Gasteiger partial charge in [0.1, 0.15) is 5.78 Å². The van der Waals surface area contributed by atoms with E-state index in [0.717, 1.165) is 4.90 Å². The Kier molecular flexibility index (Phi) is 2.91. The summed E-state index contributed by atoms with van der Waals surface area (Å²) in [5.41, 5.74) is 0.709. The molecule has 0 amide bonds. The summed E-state index contributed by atoms with van der Waals surface area (Å²) in [4.78, 5) is 24.5. The van der Waals surface area contributed by atoms with Crippen molar-refractivity contribution in [1.29, 1.82) is 0 Å². The number of benzene rings is 1. The predicted molar refractivity (Wildman–Crippen MR) is 60.3 cm³/mol. The average molecular weight is 220 g/mol. The summed E-state index contributed by atoms with van der Waals surface area (Å²) >= 11 is 1.60. The summed E-state index contributed by atoms with van der Waals surface area (Å²) < 4.78 is 0. The van der Waals surface area contributed by atoms with Crippen molar-refractivity contribution in [1.82, 2.24) is 0 Å². The van der Waals surface area contributed by atoms with E-state index in [1.54, 1.807) is 24.8 Å². The van der Waals surface area contributed by atoms with E-state index in [9.17, 15) is 9.59 Å². The van der Waals surface area contributed by atoms with Crippen LogP contribution in [0.4, 0.5) is 0 Å². The van der Waals surface area contributed by atoms with Gasteiger partial charge in [-0.2, -0.15) is 0 Å². The molecule has 2 nitrogen and oxygen atoms in total. The third-order valence-electron chi connectivity index (χ3n) is 2.61. The van der Waals surface area contributed by atoms with E-state index in [1.165, 1.54) is 0 Å². The molecule has 1 atom stereocenters. The van der Waals surface area contributed by atoms with E-state index in [4.69, 9.17) is 0 Å². The molecule has 15 heavy (non-hydrogen) atoms. The van der Waals surface area contributed by atoms with Crippen LogP contribution >= 0.6 is 11.8 Å². The first-order valence-electron chi connectivity index (χ1n) is 5.02. The van der Waals surface area contributed by atoms with Crippen molar-refractivity contribution < 1.29 is 9.59 Å². The van der Waals surface area contributed by atoms with Gasteiger partial charge in [0, 0.05) is 22.6 Å². The van der Waals surface area contributed by atoms with Crippen LogP contribution < -0.4 is 0 Å². The van der Waals surface area contributed by atoms with Crippen molar-refractivity contribution in [2.24, 2.45) is 5.92 Å². The van der Waals surface area contributed by atoms with Crippen LogP contribution in [0.2, 0.25) is 0 Å². The molecule has 1 heterocycles. The van der Waals surface area contributed by atoms with Crippen LogP contribution in [0.15, 0.2) is 29.2 Å². The lowest BCUT2D eigenvalue weighted by molar-refractivity contribution is -0.120. The molecule has 2 rings (SSSR count). The van der Waals surface area contributed by atoms with E-state index in [2.05, 4.69) is 0 Å². The second kappa shape index (κ2) is 4.19. The van der Waals surface area contributed by atoms with Crippen LogP contribution in [-0.4, -0.2) is 17.3 Å². The Bertz CT molecular complexity index is 412. The van der Waals surface area contributed by atoms with Gasteiger partial charge in [0.25, 0.3) is 0 Å². The van der Waals surface area contributed by atoms with E-state index in [0.29, 0.717) is 17.7 Å². The normalized spacial score (nSPS) is 19.8. The van der Waals surface area contributed by atoms with E-state index in [-0.39, 0.29) is 11.6 Å². The number of carbonyl (C=O) groups excluding carboxylic acids is 2. The lowest BCUT2D eigenvalue weighted by Gasteiger charge is -2.21. The number of hydrogen-bond donors (Lipinski definition) is 0. The molecule has 0 aliphatic carbocycles. The molecule has 1 unspecified atom stereocenters. The molecule has 78 valence electrons. The number of Topliss-reactive ketones (excluding diaryl/α,β-unsaturated/α-hetero) is 2. The lowest BCUT2D eigenvalue weighted by atomic mass is 9.93. The first kappa shape index (κ1) is 10.4. The third-order valence-corrected chi connectivity index (χ3v) is 3.78. The highest BCUT2D eigenvalue weighted by Crippen LogP contribution is 2.33. The van der Waals surface area contributed by atoms with Gasteiger partial charge in [-0.1, -0.05) is 25.1 Å². The zero-order chi connectivity index (χ0) is 10.8. The van der Waals surface area contributed by atoms with E-state index < -0.39 is 5.92 Å². The first-order valence-corrected chi connectivity index (χ1v) is 6.01. The SMILES string of the molecule is CCC(=O)C1CSc2ccccc2C1=O. The molecule has 0 fully saturated rings. The molecule has 0 N–H and O–H groups in total. The zero-order valence-electron chi connectivity index (χ0n) is 8.53. The molecule has 0 saturated heterocycles. The summed E-state index contributed by atoms with van der Waals surface area (Å²) in [5.74, 6) is 0.232. The summed E-state index contributed by atoms with van der Waals surface area (Å²) in [5, 5.41) is 0. The summed E-state index contributed by atoms with van der Waals surface area (Å²) in [6.45, 7) is 1.81. The van der Waals surface area contributed by atoms with Crippen molar-refractivity contribution >= 4 is 23.3 Å². The molecular weight excluding hydrogens is 208 g/mol. The minimum Gasteiger partial charge on any atom is -0.299 e. The maximum absolute atomic E-state index is 12.0. The molecule has 1 aromatic rings. The number of carbonyl (C=O) groups is 2. The first-order chi connectivity index (χ1) is 7.24. The van der Waals surface area contributed by atoms with Gasteiger partial charge in [-0.15, -0.1) is 11.8 Å². The molecule has 0 aromatic heterocycles. The Morgan fingerprint density at radius 2 is 2.20 bits per heavy atom. The number of fused-ring (bicyclic) bond motifs is 1. The minimum absolute atomic E-state index is 0.00352. The average Bonchev–Trinajstić information content (AvgIpc) is 2.29. The maximum atomic E-state index is 12.0. The van der Waals surface area contributed by atoms with Gasteiger partial charge in [-0.25, -0.2) is 0 Å². The van der Waals surface area contributed by atoms with Crippen molar-refractivity contribution in [2.45, 2.75) is 18.2 Å².